The molecule has 224 valence electrons. The van der Waals surface area contributed by atoms with Gasteiger partial charge in [-0.15, -0.1) is 0 Å². The molecule has 0 saturated heterocycles. The number of benzene rings is 2. The molecule has 0 spiro atoms. The lowest BCUT2D eigenvalue weighted by Crippen LogP contribution is -2.42. The zero-order valence-electron chi connectivity index (χ0n) is 23.9. The van der Waals surface area contributed by atoms with Crippen LogP contribution in [0.5, 0.6) is 0 Å². The number of nitrogens with one attached hydrogen (secondary N) is 3. The van der Waals surface area contributed by atoms with Crippen LogP contribution in [0.25, 0.3) is 11.1 Å². The van der Waals surface area contributed by atoms with Crippen molar-refractivity contribution in [3.63, 3.8) is 0 Å². The number of aromatic nitrogens is 2. The lowest BCUT2D eigenvalue weighted by Gasteiger charge is -2.21. The highest BCUT2D eigenvalue weighted by atomic mass is 32.2. The average Bonchev–Trinajstić information content (AvgIpc) is 3.74. The zero-order valence-corrected chi connectivity index (χ0v) is 24.7. The smallest absolute Gasteiger partial charge is 0.256 e. The van der Waals surface area contributed by atoms with Crippen LogP contribution in [0.3, 0.4) is 0 Å². The van der Waals surface area contributed by atoms with E-state index >= 15 is 0 Å². The van der Waals surface area contributed by atoms with Gasteiger partial charge in [-0.2, -0.15) is 4.98 Å². The molecule has 1 saturated carbocycles. The number of nitrogens with zero attached hydrogens (tertiary/aromatic N) is 3. The molecule has 1 aliphatic carbocycles. The highest BCUT2D eigenvalue weighted by Gasteiger charge is 2.44. The average molecular weight is 598 g/mol. The Morgan fingerprint density at radius 1 is 1.10 bits per heavy atom. The molecule has 11 nitrogen and oxygen atoms in total. The summed E-state index contributed by atoms with van der Waals surface area (Å²) in [4.78, 5) is 36.2. The Morgan fingerprint density at radius 2 is 1.79 bits per heavy atom. The SMILES string of the molecule is CCN(CC)C(=O)c1cc(-c2cnc(NC)nc2NCC2(NC(=O)CCc3ccc(S(N)(=O)=O)cc3)CC2)ccc1F. The lowest BCUT2D eigenvalue weighted by molar-refractivity contribution is -0.121. The van der Waals surface area contributed by atoms with Crippen LogP contribution in [-0.2, 0) is 21.2 Å². The van der Waals surface area contributed by atoms with E-state index < -0.39 is 21.4 Å². The zero-order chi connectivity index (χ0) is 30.5. The van der Waals surface area contributed by atoms with Gasteiger partial charge >= 0.3 is 0 Å². The van der Waals surface area contributed by atoms with Crippen molar-refractivity contribution in [2.24, 2.45) is 5.14 Å². The van der Waals surface area contributed by atoms with Gasteiger partial charge in [-0.3, -0.25) is 9.59 Å². The topological polar surface area (TPSA) is 159 Å². The number of carbonyl (C=O) groups excluding carboxylic acids is 2. The van der Waals surface area contributed by atoms with Crippen molar-refractivity contribution in [3.8, 4) is 11.1 Å². The maximum absolute atomic E-state index is 14.7. The van der Waals surface area contributed by atoms with Crippen LogP contribution < -0.4 is 21.1 Å². The van der Waals surface area contributed by atoms with E-state index in [1.54, 1.807) is 36.3 Å². The Bertz CT molecular complexity index is 1560. The summed E-state index contributed by atoms with van der Waals surface area (Å²) in [5.41, 5.74) is 1.53. The van der Waals surface area contributed by atoms with Gasteiger partial charge in [-0.25, -0.2) is 22.9 Å². The van der Waals surface area contributed by atoms with E-state index in [-0.39, 0.29) is 28.7 Å². The predicted molar refractivity (Wildman–Crippen MR) is 159 cm³/mol. The number of aryl methyl sites for hydroxylation is 1. The van der Waals surface area contributed by atoms with Crippen LogP contribution in [0.15, 0.2) is 53.6 Å². The second-order valence-electron chi connectivity index (χ2n) is 10.2. The van der Waals surface area contributed by atoms with Crippen LogP contribution in [0, 0.1) is 5.82 Å². The monoisotopic (exact) mass is 597 g/mol. The molecular weight excluding hydrogens is 561 g/mol. The Morgan fingerprint density at radius 3 is 2.38 bits per heavy atom. The van der Waals surface area contributed by atoms with Crippen LogP contribution in [0.2, 0.25) is 0 Å². The summed E-state index contributed by atoms with van der Waals surface area (Å²) in [5.74, 6) is -0.246. The first kappa shape index (κ1) is 30.8. The lowest BCUT2D eigenvalue weighted by atomic mass is 10.0. The molecule has 2 amide bonds. The van der Waals surface area contributed by atoms with Gasteiger partial charge in [0.1, 0.15) is 11.6 Å². The minimum absolute atomic E-state index is 0.0231. The van der Waals surface area contributed by atoms with Crippen LogP contribution in [-0.4, -0.2) is 67.3 Å². The van der Waals surface area contributed by atoms with Gasteiger partial charge in [-0.05, 0) is 68.5 Å². The maximum Gasteiger partial charge on any atom is 0.256 e. The Balaban J connectivity index is 1.45. The second kappa shape index (κ2) is 12.8. The van der Waals surface area contributed by atoms with Gasteiger partial charge < -0.3 is 20.9 Å². The van der Waals surface area contributed by atoms with Gasteiger partial charge in [-0.1, -0.05) is 18.2 Å². The van der Waals surface area contributed by atoms with E-state index in [9.17, 15) is 22.4 Å². The summed E-state index contributed by atoms with van der Waals surface area (Å²) in [5, 5.41) is 14.5. The van der Waals surface area contributed by atoms with Crippen molar-refractivity contribution in [3.05, 3.63) is 65.6 Å². The molecule has 0 aliphatic heterocycles. The van der Waals surface area contributed by atoms with E-state index in [0.717, 1.165) is 18.4 Å². The fraction of sp³-hybridized carbons (Fsp3) is 0.379. The molecule has 0 atom stereocenters. The van der Waals surface area contributed by atoms with Gasteiger partial charge in [0.2, 0.25) is 21.9 Å². The highest BCUT2D eigenvalue weighted by Crippen LogP contribution is 2.37. The second-order valence-corrected chi connectivity index (χ2v) is 11.8. The number of primary sulfonamides is 1. The van der Waals surface area contributed by atoms with Crippen molar-refractivity contribution in [1.82, 2.24) is 20.2 Å². The minimum atomic E-state index is -3.77. The van der Waals surface area contributed by atoms with Crippen LogP contribution in [0.4, 0.5) is 16.2 Å². The first-order valence-corrected chi connectivity index (χ1v) is 15.3. The summed E-state index contributed by atoms with van der Waals surface area (Å²) >= 11 is 0. The summed E-state index contributed by atoms with van der Waals surface area (Å²) in [6.45, 7) is 5.02. The molecule has 1 heterocycles. The third-order valence-corrected chi connectivity index (χ3v) is 8.25. The molecule has 1 aliphatic rings. The number of anilines is 2. The number of carbonyl (C=O) groups is 2. The predicted octanol–water partition coefficient (Wildman–Crippen LogP) is 3.15. The molecule has 42 heavy (non-hydrogen) atoms. The molecule has 3 aromatic rings. The quantitative estimate of drug-likeness (QED) is 0.234. The molecule has 4 rings (SSSR count). The van der Waals surface area contributed by atoms with E-state index in [1.807, 2.05) is 13.8 Å². The minimum Gasteiger partial charge on any atom is -0.367 e. The van der Waals surface area contributed by atoms with E-state index in [1.165, 1.54) is 24.3 Å². The van der Waals surface area contributed by atoms with Crippen molar-refractivity contribution >= 4 is 33.6 Å². The number of amides is 2. The van der Waals surface area contributed by atoms with Crippen molar-refractivity contribution in [2.45, 2.75) is 50.0 Å². The van der Waals surface area contributed by atoms with E-state index in [2.05, 4.69) is 25.9 Å². The van der Waals surface area contributed by atoms with Crippen molar-refractivity contribution in [2.75, 3.05) is 37.3 Å². The van der Waals surface area contributed by atoms with E-state index in [4.69, 9.17) is 5.14 Å². The summed E-state index contributed by atoms with van der Waals surface area (Å²) in [6.07, 6.45) is 3.86. The standard InChI is InChI=1S/C29H36FN7O4S/c1-4-37(5-2)27(39)22-16-20(9-12-24(22)30)23-17-33-28(32-3)35-26(23)34-18-29(14-15-29)36-25(38)13-8-19-6-10-21(11-7-19)42(31,40)41/h6-7,9-12,16-17H,4-5,8,13-15,18H2,1-3H3,(H,36,38)(H2,31,40,41)(H2,32,33,34,35). The van der Waals surface area contributed by atoms with Crippen LogP contribution in [0.1, 0.15) is 49.0 Å². The van der Waals surface area contributed by atoms with Gasteiger partial charge in [0.15, 0.2) is 0 Å². The molecular formula is C29H36FN7O4S. The Kier molecular flexibility index (Phi) is 9.42. The number of hydrogen-bond donors (Lipinski definition) is 4. The molecule has 1 fully saturated rings. The molecule has 0 radical (unpaired) electrons. The van der Waals surface area contributed by atoms with Crippen molar-refractivity contribution < 1.29 is 22.4 Å². The van der Waals surface area contributed by atoms with Crippen LogP contribution >= 0.6 is 0 Å². The number of nitrogens with two attached hydrogens (primary N) is 1. The Hall–Kier alpha value is -4.10. The fourth-order valence-corrected chi connectivity index (χ4v) is 5.11. The number of hydrogen-bond acceptors (Lipinski definition) is 8. The highest BCUT2D eigenvalue weighted by molar-refractivity contribution is 7.89. The maximum atomic E-state index is 14.7. The third-order valence-electron chi connectivity index (χ3n) is 7.32. The van der Waals surface area contributed by atoms with E-state index in [0.29, 0.717) is 48.9 Å². The first-order chi connectivity index (χ1) is 20.0. The molecule has 0 bridgehead atoms. The normalized spacial score (nSPS) is 13.7. The van der Waals surface area contributed by atoms with Gasteiger partial charge in [0.25, 0.3) is 5.91 Å². The summed E-state index contributed by atoms with van der Waals surface area (Å²) in [7, 11) is -2.07. The summed E-state index contributed by atoms with van der Waals surface area (Å²) in [6, 6.07) is 10.5. The largest absolute Gasteiger partial charge is 0.367 e. The molecule has 1 aromatic heterocycles. The molecule has 5 N–H and O–H groups in total. The molecule has 2 aromatic carbocycles. The summed E-state index contributed by atoms with van der Waals surface area (Å²) < 4.78 is 37.6. The molecule has 0 unspecified atom stereocenters. The van der Waals surface area contributed by atoms with Gasteiger partial charge in [0, 0.05) is 44.9 Å². The number of halogens is 1. The number of sulfonamides is 1. The first-order valence-electron chi connectivity index (χ1n) is 13.8. The van der Waals surface area contributed by atoms with Crippen molar-refractivity contribution in [1.29, 1.82) is 0 Å². The fourth-order valence-electron chi connectivity index (χ4n) is 4.60. The molecule has 13 heteroatoms. The van der Waals surface area contributed by atoms with Gasteiger partial charge in [0.05, 0.1) is 16.0 Å². The Labute approximate surface area is 245 Å². The third kappa shape index (κ3) is 7.39. The number of rotatable bonds is 13.